The fourth-order valence-corrected chi connectivity index (χ4v) is 8.23. The van der Waals surface area contributed by atoms with Gasteiger partial charge in [0.05, 0.1) is 0 Å². The molecule has 1 heterocycles. The summed E-state index contributed by atoms with van der Waals surface area (Å²) in [6.45, 7) is 6.65. The molecule has 0 amide bonds. The molecule has 2 radical (unpaired) electrons. The molecular formula is C19H30F3NSn. The minimum atomic E-state index is -4.34. The van der Waals surface area contributed by atoms with Gasteiger partial charge in [-0.2, -0.15) is 0 Å². The number of pyridine rings is 1. The first kappa shape index (κ1) is 21.8. The Balaban J connectivity index is 2.95. The molecule has 0 atom stereocenters. The van der Waals surface area contributed by atoms with Crippen LogP contribution >= 0.6 is 0 Å². The van der Waals surface area contributed by atoms with Crippen LogP contribution in [0.3, 0.4) is 0 Å². The molecule has 1 aromatic rings. The van der Waals surface area contributed by atoms with Crippen LogP contribution in [0, 0.1) is 0 Å². The Morgan fingerprint density at radius 2 is 1.38 bits per heavy atom. The van der Waals surface area contributed by atoms with Gasteiger partial charge in [0.2, 0.25) is 0 Å². The van der Waals surface area contributed by atoms with Gasteiger partial charge in [-0.3, -0.25) is 0 Å². The number of hydrogen-bond donors (Lipinski definition) is 0. The molecule has 0 spiro atoms. The van der Waals surface area contributed by atoms with Crippen LogP contribution in [-0.2, 0) is 6.18 Å². The van der Waals surface area contributed by atoms with Gasteiger partial charge in [0, 0.05) is 0 Å². The molecule has 0 saturated heterocycles. The van der Waals surface area contributed by atoms with Crippen LogP contribution in [0.4, 0.5) is 13.2 Å². The maximum absolute atomic E-state index is 12.7. The molecule has 1 aromatic heterocycles. The van der Waals surface area contributed by atoms with Crippen molar-refractivity contribution in [3.8, 4) is 0 Å². The van der Waals surface area contributed by atoms with Crippen molar-refractivity contribution in [2.45, 2.75) is 88.2 Å². The Bertz CT molecular complexity index is 435. The average molecular weight is 448 g/mol. The zero-order chi connectivity index (χ0) is 18.1. The van der Waals surface area contributed by atoms with Gasteiger partial charge in [-0.05, 0) is 0 Å². The van der Waals surface area contributed by atoms with Gasteiger partial charge in [-0.1, -0.05) is 0 Å². The van der Waals surface area contributed by atoms with Crippen molar-refractivity contribution < 1.29 is 13.2 Å². The molecule has 0 aliphatic carbocycles. The Kier molecular flexibility index (Phi) is 9.68. The molecule has 24 heavy (non-hydrogen) atoms. The van der Waals surface area contributed by atoms with E-state index in [0.717, 1.165) is 3.58 Å². The van der Waals surface area contributed by atoms with E-state index in [9.17, 15) is 13.2 Å². The summed E-state index contributed by atoms with van der Waals surface area (Å²) in [7, 11) is 0. The van der Waals surface area contributed by atoms with E-state index >= 15 is 0 Å². The summed E-state index contributed by atoms with van der Waals surface area (Å²) >= 11 is -0.991. The number of rotatable bonds is 11. The summed E-state index contributed by atoms with van der Waals surface area (Å²) in [4.78, 5) is 3.69. The summed E-state index contributed by atoms with van der Waals surface area (Å²) in [5, 5.41) is 0. The normalized spacial score (nSPS) is 12.6. The van der Waals surface area contributed by atoms with E-state index in [-0.39, 0.29) is 0 Å². The van der Waals surface area contributed by atoms with Crippen LogP contribution in [-0.4, -0.2) is 26.1 Å². The third kappa shape index (κ3) is 7.32. The third-order valence-corrected chi connectivity index (χ3v) is 9.81. The minimum absolute atomic E-state index is 0.382. The van der Waals surface area contributed by atoms with Gasteiger partial charge >= 0.3 is 155 Å². The number of unbranched alkanes of at least 4 members (excludes halogenated alkanes) is 3. The van der Waals surface area contributed by atoms with Crippen LogP contribution < -0.4 is 3.58 Å². The molecule has 0 fully saturated rings. The molecule has 0 aliphatic rings. The van der Waals surface area contributed by atoms with Crippen LogP contribution in [0.1, 0.15) is 84.3 Å². The van der Waals surface area contributed by atoms with Gasteiger partial charge in [0.1, 0.15) is 0 Å². The maximum atomic E-state index is 12.7. The van der Waals surface area contributed by atoms with Crippen molar-refractivity contribution >= 4 is 24.7 Å². The van der Waals surface area contributed by atoms with E-state index in [1.165, 1.54) is 70.1 Å². The second kappa shape index (κ2) is 10.7. The van der Waals surface area contributed by atoms with Crippen molar-refractivity contribution in [2.24, 2.45) is 0 Å². The van der Waals surface area contributed by atoms with E-state index in [1.807, 2.05) is 0 Å². The van der Waals surface area contributed by atoms with Crippen LogP contribution in [0.15, 0.2) is 18.3 Å². The molecule has 0 bridgehead atoms. The van der Waals surface area contributed by atoms with Crippen molar-refractivity contribution in [3.05, 3.63) is 24.0 Å². The van der Waals surface area contributed by atoms with Crippen LogP contribution in [0.25, 0.3) is 0 Å². The molecule has 1 rings (SSSR count). The van der Waals surface area contributed by atoms with Gasteiger partial charge in [0.25, 0.3) is 0 Å². The number of aromatic nitrogens is 1. The molecule has 0 aromatic carbocycles. The van der Waals surface area contributed by atoms with Crippen molar-refractivity contribution in [3.63, 3.8) is 0 Å². The van der Waals surface area contributed by atoms with Crippen LogP contribution in [0.5, 0.6) is 0 Å². The second-order valence-electron chi connectivity index (χ2n) is 6.65. The summed E-state index contributed by atoms with van der Waals surface area (Å²) in [6.07, 6.45) is 8.10. The second-order valence-corrected chi connectivity index (χ2v) is 12.0. The van der Waals surface area contributed by atoms with Crippen molar-refractivity contribution in [1.29, 1.82) is 0 Å². The fraction of sp³-hybridized carbons (Fsp3) is 0.737. The summed E-state index contributed by atoms with van der Waals surface area (Å²) in [5.74, 6) is 0. The zero-order valence-corrected chi connectivity index (χ0v) is 18.0. The molecule has 0 aliphatic heterocycles. The van der Waals surface area contributed by atoms with E-state index in [1.54, 1.807) is 6.07 Å². The predicted octanol–water partition coefficient (Wildman–Crippen LogP) is 6.16. The Hall–Kier alpha value is -0.261. The zero-order valence-electron chi connectivity index (χ0n) is 15.2. The van der Waals surface area contributed by atoms with Crippen molar-refractivity contribution in [1.82, 2.24) is 4.98 Å². The number of hydrogen-bond acceptors (Lipinski definition) is 1. The van der Waals surface area contributed by atoms with E-state index < -0.39 is 33.0 Å². The summed E-state index contributed by atoms with van der Waals surface area (Å²) in [5.41, 5.74) is -0.771. The van der Waals surface area contributed by atoms with Crippen molar-refractivity contribution in [2.75, 3.05) is 0 Å². The Labute approximate surface area is 155 Å². The van der Waals surface area contributed by atoms with E-state index in [2.05, 4.69) is 25.8 Å². The standard InChI is InChI=1S/C13H27.C6H3F3N.Sn/c1-4-7-10-13(11-8-5-2)12-9-6-3;7-6(8,9)5-3-1-2-4-10-5;/h4-12H2,1-3H3;1,3-4H;. The topological polar surface area (TPSA) is 12.9 Å². The quantitative estimate of drug-likeness (QED) is 0.370. The first-order valence-corrected chi connectivity index (χ1v) is 12.0. The number of alkyl halides is 3. The monoisotopic (exact) mass is 449 g/mol. The fourth-order valence-electron chi connectivity index (χ4n) is 3.05. The summed E-state index contributed by atoms with van der Waals surface area (Å²) in [6, 6.07) is 2.86. The third-order valence-electron chi connectivity index (χ3n) is 4.49. The summed E-state index contributed by atoms with van der Waals surface area (Å²) < 4.78 is 39.6. The molecule has 0 saturated carbocycles. The van der Waals surface area contributed by atoms with Gasteiger partial charge in [-0.25, -0.2) is 0 Å². The molecule has 5 heteroatoms. The molecule has 0 N–H and O–H groups in total. The first-order chi connectivity index (χ1) is 11.4. The molecule has 1 nitrogen and oxygen atoms in total. The Morgan fingerprint density at radius 3 is 1.71 bits per heavy atom. The predicted molar refractivity (Wildman–Crippen MR) is 95.9 cm³/mol. The van der Waals surface area contributed by atoms with E-state index in [4.69, 9.17) is 0 Å². The van der Waals surface area contributed by atoms with Gasteiger partial charge in [0.15, 0.2) is 0 Å². The van der Waals surface area contributed by atoms with E-state index in [0.29, 0.717) is 3.43 Å². The van der Waals surface area contributed by atoms with Crippen LogP contribution in [0.2, 0.25) is 3.43 Å². The molecule has 136 valence electrons. The first-order valence-electron chi connectivity index (χ1n) is 9.18. The SMILES string of the molecule is CCCC[C](CCCC)(CCCC)[Sn][c]1ccc(C(F)(F)F)nc1. The number of nitrogens with zero attached hydrogens (tertiary/aromatic N) is 1. The molecular weight excluding hydrogens is 418 g/mol. The Morgan fingerprint density at radius 1 is 0.875 bits per heavy atom. The average Bonchev–Trinajstić information content (AvgIpc) is 2.56. The van der Waals surface area contributed by atoms with Gasteiger partial charge < -0.3 is 0 Å². The molecule has 0 unspecified atom stereocenters. The van der Waals surface area contributed by atoms with Gasteiger partial charge in [-0.15, -0.1) is 0 Å². The number of halogens is 3.